The Morgan fingerprint density at radius 3 is 2.34 bits per heavy atom. The molecule has 1 fully saturated rings. The molecule has 1 aliphatic heterocycles. The zero-order valence-corrected chi connectivity index (χ0v) is 24.1. The number of alkyl halides is 3. The highest BCUT2D eigenvalue weighted by Gasteiger charge is 2.39. The molecule has 6 nitrogen and oxygen atoms in total. The minimum Gasteiger partial charge on any atom is -0.341 e. The lowest BCUT2D eigenvalue weighted by Gasteiger charge is -2.40. The Hall–Kier alpha value is -1.85. The van der Waals surface area contributed by atoms with E-state index < -0.39 is 27.2 Å². The number of likely N-dealkylation sites (N-methyl/N-ethyl adjacent to an activating group) is 1. The number of benzene rings is 2. The lowest BCUT2D eigenvalue weighted by Crippen LogP contribution is -2.54. The van der Waals surface area contributed by atoms with Crippen molar-refractivity contribution in [2.24, 2.45) is 0 Å². The molecule has 1 unspecified atom stereocenters. The van der Waals surface area contributed by atoms with Crippen LogP contribution in [-0.2, 0) is 33.0 Å². The summed E-state index contributed by atoms with van der Waals surface area (Å²) in [6.07, 6.45) is -2.91. The molecule has 2 aromatic carbocycles. The normalized spacial score (nSPS) is 19.2. The van der Waals surface area contributed by atoms with Gasteiger partial charge in [-0.3, -0.25) is 4.79 Å². The molecular weight excluding hydrogens is 562 g/mol. The van der Waals surface area contributed by atoms with Crippen LogP contribution in [0.2, 0.25) is 10.0 Å². The molecule has 1 saturated heterocycles. The zero-order chi connectivity index (χ0) is 28.5. The van der Waals surface area contributed by atoms with E-state index in [1.54, 1.807) is 38.2 Å². The molecule has 0 saturated carbocycles. The van der Waals surface area contributed by atoms with Crippen LogP contribution in [-0.4, -0.2) is 74.0 Å². The van der Waals surface area contributed by atoms with Crippen molar-refractivity contribution in [2.45, 2.75) is 44.4 Å². The molecule has 2 aromatic rings. The number of carbonyl (C=O) groups is 1. The minimum atomic E-state index is -4.48. The number of rotatable bonds is 8. The van der Waals surface area contributed by atoms with Gasteiger partial charge in [-0.25, -0.2) is 8.42 Å². The van der Waals surface area contributed by atoms with E-state index >= 15 is 0 Å². The summed E-state index contributed by atoms with van der Waals surface area (Å²) in [5.41, 5.74) is -0.846. The van der Waals surface area contributed by atoms with Crippen LogP contribution < -0.4 is 0 Å². The fraction of sp³-hybridized carbons (Fsp3) is 0.500. The van der Waals surface area contributed by atoms with E-state index in [-0.39, 0.29) is 18.5 Å². The molecule has 3 rings (SSSR count). The maximum absolute atomic E-state index is 13.9. The molecule has 0 spiro atoms. The van der Waals surface area contributed by atoms with Crippen molar-refractivity contribution in [2.75, 3.05) is 39.5 Å². The highest BCUT2D eigenvalue weighted by molar-refractivity contribution is 7.88. The van der Waals surface area contributed by atoms with Crippen LogP contribution in [0.25, 0.3) is 0 Å². The van der Waals surface area contributed by atoms with Gasteiger partial charge >= 0.3 is 6.18 Å². The number of nitrogens with zero attached hydrogens (tertiary/aromatic N) is 3. The van der Waals surface area contributed by atoms with Crippen LogP contribution in [0.5, 0.6) is 0 Å². The van der Waals surface area contributed by atoms with Gasteiger partial charge in [0, 0.05) is 39.3 Å². The van der Waals surface area contributed by atoms with Crippen molar-refractivity contribution in [3.05, 3.63) is 69.2 Å². The van der Waals surface area contributed by atoms with E-state index in [4.69, 9.17) is 23.2 Å². The van der Waals surface area contributed by atoms with E-state index in [1.807, 2.05) is 6.92 Å². The van der Waals surface area contributed by atoms with Crippen LogP contribution >= 0.6 is 23.2 Å². The molecular formula is C26H32Cl2F3N3O3S. The fourth-order valence-electron chi connectivity index (χ4n) is 4.92. The van der Waals surface area contributed by atoms with E-state index in [2.05, 4.69) is 4.90 Å². The summed E-state index contributed by atoms with van der Waals surface area (Å²) in [6, 6.07) is 9.69. The first kappa shape index (κ1) is 30.7. The standard InChI is InChI=1S/C26H32Cl2F3N3O3S/c1-18-16-33(12-13-34(18)38(4,36)37)11-10-25(2,20-8-9-22(27)23(28)15-20)24(35)32(3)17-19-6-5-7-21(14-19)26(29,30)31/h5-9,14-15,18H,10-13,16-17H2,1-4H3/t18-,25?/m1/s1. The summed E-state index contributed by atoms with van der Waals surface area (Å²) in [5.74, 6) is -0.281. The smallest absolute Gasteiger partial charge is 0.341 e. The van der Waals surface area contributed by atoms with E-state index in [0.29, 0.717) is 53.8 Å². The van der Waals surface area contributed by atoms with Gasteiger partial charge in [0.05, 0.1) is 27.3 Å². The third kappa shape index (κ3) is 7.21. The van der Waals surface area contributed by atoms with E-state index in [1.165, 1.54) is 21.5 Å². The van der Waals surface area contributed by atoms with Crippen molar-refractivity contribution in [3.63, 3.8) is 0 Å². The van der Waals surface area contributed by atoms with Crippen LogP contribution in [0.1, 0.15) is 37.0 Å². The Balaban J connectivity index is 1.84. The summed E-state index contributed by atoms with van der Waals surface area (Å²) in [5, 5.41) is 0.632. The molecule has 12 heteroatoms. The number of carbonyl (C=O) groups excluding carboxylic acids is 1. The van der Waals surface area contributed by atoms with Crippen molar-refractivity contribution < 1.29 is 26.4 Å². The molecule has 0 aromatic heterocycles. The second kappa shape index (κ2) is 11.7. The Morgan fingerprint density at radius 2 is 1.76 bits per heavy atom. The Labute approximate surface area is 232 Å². The highest BCUT2D eigenvalue weighted by Crippen LogP contribution is 2.35. The molecule has 0 radical (unpaired) electrons. The number of hydrogen-bond acceptors (Lipinski definition) is 4. The minimum absolute atomic E-state index is 0.0102. The average Bonchev–Trinajstić information content (AvgIpc) is 2.82. The van der Waals surface area contributed by atoms with Gasteiger partial charge in [0.15, 0.2) is 0 Å². The predicted octanol–water partition coefficient (Wildman–Crippen LogP) is 5.28. The Bertz CT molecular complexity index is 1280. The molecule has 0 aliphatic carbocycles. The first-order valence-corrected chi connectivity index (χ1v) is 14.7. The molecule has 38 heavy (non-hydrogen) atoms. The largest absolute Gasteiger partial charge is 0.416 e. The third-order valence-electron chi connectivity index (χ3n) is 7.05. The quantitative estimate of drug-likeness (QED) is 0.417. The predicted molar refractivity (Wildman–Crippen MR) is 144 cm³/mol. The monoisotopic (exact) mass is 593 g/mol. The molecule has 1 aliphatic rings. The second-order valence-electron chi connectivity index (χ2n) is 10.1. The van der Waals surface area contributed by atoms with Gasteiger partial charge < -0.3 is 9.80 Å². The summed E-state index contributed by atoms with van der Waals surface area (Å²) >= 11 is 12.4. The van der Waals surface area contributed by atoms with Crippen LogP contribution in [0.3, 0.4) is 0 Å². The summed E-state index contributed by atoms with van der Waals surface area (Å²) < 4.78 is 65.1. The maximum Gasteiger partial charge on any atom is 0.416 e. The van der Waals surface area contributed by atoms with Gasteiger partial charge in [-0.1, -0.05) is 41.4 Å². The van der Waals surface area contributed by atoms with Crippen LogP contribution in [0, 0.1) is 0 Å². The fourth-order valence-corrected chi connectivity index (χ4v) is 6.35. The van der Waals surface area contributed by atoms with Crippen LogP contribution in [0.15, 0.2) is 42.5 Å². The van der Waals surface area contributed by atoms with Crippen molar-refractivity contribution >= 4 is 39.1 Å². The van der Waals surface area contributed by atoms with Gasteiger partial charge in [0.25, 0.3) is 0 Å². The molecule has 0 bridgehead atoms. The number of hydrogen-bond donors (Lipinski definition) is 0. The highest BCUT2D eigenvalue weighted by atomic mass is 35.5. The average molecular weight is 595 g/mol. The second-order valence-corrected chi connectivity index (χ2v) is 12.8. The lowest BCUT2D eigenvalue weighted by atomic mass is 9.77. The van der Waals surface area contributed by atoms with Crippen molar-refractivity contribution in [1.82, 2.24) is 14.1 Å². The SMILES string of the molecule is C[C@@H]1CN(CCC(C)(C(=O)N(C)Cc2cccc(C(F)(F)F)c2)c2ccc(Cl)c(Cl)c2)CCN1S(C)(=O)=O. The summed E-state index contributed by atoms with van der Waals surface area (Å²) in [4.78, 5) is 17.4. The van der Waals surface area contributed by atoms with Crippen LogP contribution in [0.4, 0.5) is 13.2 Å². The molecule has 0 N–H and O–H groups in total. The summed E-state index contributed by atoms with van der Waals surface area (Å²) in [7, 11) is -1.75. The Kier molecular flexibility index (Phi) is 9.46. The van der Waals surface area contributed by atoms with Gasteiger partial charge in [-0.05, 0) is 62.2 Å². The zero-order valence-electron chi connectivity index (χ0n) is 21.7. The molecule has 2 atom stereocenters. The first-order valence-electron chi connectivity index (χ1n) is 12.1. The van der Waals surface area contributed by atoms with Gasteiger partial charge in [0.1, 0.15) is 0 Å². The maximum atomic E-state index is 13.9. The number of piperazine rings is 1. The topological polar surface area (TPSA) is 60.9 Å². The van der Waals surface area contributed by atoms with Gasteiger partial charge in [-0.15, -0.1) is 0 Å². The molecule has 1 heterocycles. The van der Waals surface area contributed by atoms with Crippen molar-refractivity contribution in [1.29, 1.82) is 0 Å². The number of sulfonamides is 1. The lowest BCUT2D eigenvalue weighted by molar-refractivity contribution is -0.137. The molecule has 210 valence electrons. The van der Waals surface area contributed by atoms with Gasteiger partial charge in [0.2, 0.25) is 15.9 Å². The summed E-state index contributed by atoms with van der Waals surface area (Å²) in [6.45, 7) is 5.51. The van der Waals surface area contributed by atoms with E-state index in [9.17, 15) is 26.4 Å². The molecule has 1 amide bonds. The number of halogens is 5. The van der Waals surface area contributed by atoms with E-state index in [0.717, 1.165) is 12.1 Å². The first-order chi connectivity index (χ1) is 17.5. The third-order valence-corrected chi connectivity index (χ3v) is 9.19. The Morgan fingerprint density at radius 1 is 1.08 bits per heavy atom. The number of amides is 1. The van der Waals surface area contributed by atoms with Gasteiger partial charge in [-0.2, -0.15) is 17.5 Å². The van der Waals surface area contributed by atoms with Crippen molar-refractivity contribution in [3.8, 4) is 0 Å².